The van der Waals surface area contributed by atoms with E-state index in [-0.39, 0.29) is 5.91 Å². The number of hydrogen-bond acceptors (Lipinski definition) is 3. The molecule has 0 bridgehead atoms. The number of anilines is 1. The van der Waals surface area contributed by atoms with Crippen molar-refractivity contribution in [3.8, 4) is 0 Å². The van der Waals surface area contributed by atoms with Gasteiger partial charge in [0.05, 0.1) is 5.56 Å². The van der Waals surface area contributed by atoms with Crippen LogP contribution in [0.15, 0.2) is 24.3 Å². The van der Waals surface area contributed by atoms with Crippen LogP contribution in [0.25, 0.3) is 0 Å². The first kappa shape index (κ1) is 13.9. The van der Waals surface area contributed by atoms with Crippen LogP contribution in [0.4, 0.5) is 5.69 Å². The third-order valence-electron chi connectivity index (χ3n) is 3.71. The number of hydrogen-bond donors (Lipinski definition) is 2. The molecule has 1 heterocycles. The highest BCUT2D eigenvalue weighted by Gasteiger charge is 2.18. The Hall–Kier alpha value is -1.55. The molecule has 1 fully saturated rings. The Morgan fingerprint density at radius 2 is 2.21 bits per heavy atom. The van der Waals surface area contributed by atoms with E-state index < -0.39 is 0 Å². The van der Waals surface area contributed by atoms with Crippen LogP contribution in [-0.2, 0) is 0 Å². The minimum absolute atomic E-state index is 0.0122. The maximum absolute atomic E-state index is 12.2. The minimum Gasteiger partial charge on any atom is -0.387 e. The Morgan fingerprint density at radius 3 is 2.95 bits per heavy atom. The summed E-state index contributed by atoms with van der Waals surface area (Å²) in [5, 5.41) is 6.11. The monoisotopic (exact) mass is 261 g/mol. The lowest BCUT2D eigenvalue weighted by Gasteiger charge is -2.29. The van der Waals surface area contributed by atoms with E-state index >= 15 is 0 Å². The van der Waals surface area contributed by atoms with Crippen molar-refractivity contribution < 1.29 is 4.79 Å². The van der Waals surface area contributed by atoms with Gasteiger partial charge < -0.3 is 15.5 Å². The van der Waals surface area contributed by atoms with Crippen LogP contribution in [0.1, 0.15) is 23.2 Å². The third kappa shape index (κ3) is 3.70. The average Bonchev–Trinajstić information content (AvgIpc) is 2.45. The smallest absolute Gasteiger partial charge is 0.253 e. The maximum atomic E-state index is 12.2. The van der Waals surface area contributed by atoms with Gasteiger partial charge in [0, 0.05) is 25.8 Å². The second kappa shape index (κ2) is 6.57. The number of benzene rings is 1. The molecule has 0 radical (unpaired) electrons. The van der Waals surface area contributed by atoms with E-state index in [0.29, 0.717) is 11.5 Å². The van der Waals surface area contributed by atoms with E-state index in [0.717, 1.165) is 18.8 Å². The fourth-order valence-electron chi connectivity index (χ4n) is 2.67. The van der Waals surface area contributed by atoms with Crippen molar-refractivity contribution in [2.45, 2.75) is 12.8 Å². The molecule has 1 atom stereocenters. The van der Waals surface area contributed by atoms with Crippen LogP contribution in [0.5, 0.6) is 0 Å². The van der Waals surface area contributed by atoms with E-state index in [1.807, 2.05) is 31.3 Å². The zero-order valence-electron chi connectivity index (χ0n) is 11.8. The van der Waals surface area contributed by atoms with Crippen molar-refractivity contribution in [3.05, 3.63) is 29.8 Å². The number of piperidine rings is 1. The number of amides is 1. The lowest BCUT2D eigenvalue weighted by atomic mass is 9.98. The van der Waals surface area contributed by atoms with Gasteiger partial charge in [0.2, 0.25) is 0 Å². The van der Waals surface area contributed by atoms with Gasteiger partial charge in [0.15, 0.2) is 0 Å². The van der Waals surface area contributed by atoms with Crippen molar-refractivity contribution in [2.24, 2.45) is 5.92 Å². The molecule has 0 unspecified atom stereocenters. The summed E-state index contributed by atoms with van der Waals surface area (Å²) in [5.41, 5.74) is 1.59. The Bertz CT molecular complexity index is 433. The number of nitrogens with zero attached hydrogens (tertiary/aromatic N) is 1. The van der Waals surface area contributed by atoms with Gasteiger partial charge >= 0.3 is 0 Å². The minimum atomic E-state index is 0.0122. The number of carbonyl (C=O) groups is 1. The van der Waals surface area contributed by atoms with Gasteiger partial charge in [-0.05, 0) is 44.5 Å². The fourth-order valence-corrected chi connectivity index (χ4v) is 2.67. The van der Waals surface area contributed by atoms with Crippen LogP contribution in [0, 0.1) is 5.92 Å². The van der Waals surface area contributed by atoms with E-state index in [4.69, 9.17) is 0 Å². The molecule has 1 aliphatic heterocycles. The first-order valence-corrected chi connectivity index (χ1v) is 6.94. The summed E-state index contributed by atoms with van der Waals surface area (Å²) in [6, 6.07) is 7.60. The Morgan fingerprint density at radius 1 is 1.42 bits per heavy atom. The molecular formula is C15H23N3O. The molecule has 1 aliphatic rings. The Balaban J connectivity index is 1.90. The molecule has 0 spiro atoms. The van der Waals surface area contributed by atoms with Gasteiger partial charge in [-0.15, -0.1) is 0 Å². The number of para-hydroxylation sites is 1. The normalized spacial score (nSPS) is 20.0. The third-order valence-corrected chi connectivity index (χ3v) is 3.71. The highest BCUT2D eigenvalue weighted by Crippen LogP contribution is 2.16. The Labute approximate surface area is 115 Å². The molecule has 1 saturated heterocycles. The molecule has 1 amide bonds. The summed E-state index contributed by atoms with van der Waals surface area (Å²) < 4.78 is 0. The molecule has 4 heteroatoms. The van der Waals surface area contributed by atoms with Crippen LogP contribution in [0.2, 0.25) is 0 Å². The molecule has 0 aromatic heterocycles. The summed E-state index contributed by atoms with van der Waals surface area (Å²) >= 11 is 0. The number of likely N-dealkylation sites (tertiary alicyclic amines) is 1. The molecule has 0 aliphatic carbocycles. The molecule has 1 aromatic carbocycles. The summed E-state index contributed by atoms with van der Waals surface area (Å²) in [7, 11) is 3.98. The standard InChI is InChI=1S/C15H23N3O/c1-16-14-8-4-3-7-13(14)15(19)17-10-12-6-5-9-18(2)11-12/h3-4,7-8,12,16H,5-6,9-11H2,1-2H3,(H,17,19)/t12-/m0/s1. The van der Waals surface area contributed by atoms with E-state index in [1.54, 1.807) is 0 Å². The predicted octanol–water partition coefficient (Wildman–Crippen LogP) is 1.80. The van der Waals surface area contributed by atoms with Gasteiger partial charge in [-0.2, -0.15) is 0 Å². The quantitative estimate of drug-likeness (QED) is 0.868. The summed E-state index contributed by atoms with van der Waals surface area (Å²) in [4.78, 5) is 14.5. The van der Waals surface area contributed by atoms with Gasteiger partial charge in [0.1, 0.15) is 0 Å². The topological polar surface area (TPSA) is 44.4 Å². The zero-order chi connectivity index (χ0) is 13.7. The van der Waals surface area contributed by atoms with Gasteiger partial charge in [-0.1, -0.05) is 12.1 Å². The van der Waals surface area contributed by atoms with Crippen LogP contribution < -0.4 is 10.6 Å². The van der Waals surface area contributed by atoms with E-state index in [2.05, 4.69) is 22.6 Å². The zero-order valence-corrected chi connectivity index (χ0v) is 11.8. The first-order valence-electron chi connectivity index (χ1n) is 6.94. The summed E-state index contributed by atoms with van der Waals surface area (Å²) in [6.45, 7) is 3.02. The van der Waals surface area contributed by atoms with Gasteiger partial charge in [0.25, 0.3) is 5.91 Å². The fraction of sp³-hybridized carbons (Fsp3) is 0.533. The predicted molar refractivity (Wildman–Crippen MR) is 78.5 cm³/mol. The average molecular weight is 261 g/mol. The molecule has 4 nitrogen and oxygen atoms in total. The maximum Gasteiger partial charge on any atom is 0.253 e. The molecule has 104 valence electrons. The highest BCUT2D eigenvalue weighted by atomic mass is 16.1. The van der Waals surface area contributed by atoms with Crippen molar-refractivity contribution in [3.63, 3.8) is 0 Å². The van der Waals surface area contributed by atoms with Crippen LogP contribution in [-0.4, -0.2) is 44.5 Å². The second-order valence-electron chi connectivity index (χ2n) is 5.28. The SMILES string of the molecule is CNc1ccccc1C(=O)NC[C@@H]1CCCN(C)C1. The summed E-state index contributed by atoms with van der Waals surface area (Å²) in [6.07, 6.45) is 2.43. The molecule has 1 aromatic rings. The van der Waals surface area contributed by atoms with Crippen molar-refractivity contribution in [1.82, 2.24) is 10.2 Å². The number of rotatable bonds is 4. The van der Waals surface area contributed by atoms with E-state index in [9.17, 15) is 4.79 Å². The van der Waals surface area contributed by atoms with Gasteiger partial charge in [-0.3, -0.25) is 4.79 Å². The second-order valence-corrected chi connectivity index (χ2v) is 5.28. The summed E-state index contributed by atoms with van der Waals surface area (Å²) in [5.74, 6) is 0.586. The van der Waals surface area contributed by atoms with Gasteiger partial charge in [-0.25, -0.2) is 0 Å². The van der Waals surface area contributed by atoms with E-state index in [1.165, 1.54) is 19.4 Å². The molecule has 19 heavy (non-hydrogen) atoms. The van der Waals surface area contributed by atoms with Crippen molar-refractivity contribution in [1.29, 1.82) is 0 Å². The first-order chi connectivity index (χ1) is 9.20. The molecule has 2 N–H and O–H groups in total. The highest BCUT2D eigenvalue weighted by molar-refractivity contribution is 5.99. The van der Waals surface area contributed by atoms with Crippen molar-refractivity contribution in [2.75, 3.05) is 39.0 Å². The molecular weight excluding hydrogens is 238 g/mol. The van der Waals surface area contributed by atoms with Crippen LogP contribution in [0.3, 0.4) is 0 Å². The lowest BCUT2D eigenvalue weighted by Crippen LogP contribution is -2.39. The molecule has 0 saturated carbocycles. The number of nitrogens with one attached hydrogen (secondary N) is 2. The lowest BCUT2D eigenvalue weighted by molar-refractivity contribution is 0.0937. The van der Waals surface area contributed by atoms with Crippen LogP contribution >= 0.6 is 0 Å². The molecule has 2 rings (SSSR count). The Kier molecular flexibility index (Phi) is 4.80. The van der Waals surface area contributed by atoms with Crippen molar-refractivity contribution >= 4 is 11.6 Å². The number of carbonyl (C=O) groups excluding carboxylic acids is 1. The largest absolute Gasteiger partial charge is 0.387 e.